The molecule has 1 heterocycles. The Balaban J connectivity index is 1.90. The van der Waals surface area contributed by atoms with Gasteiger partial charge < -0.3 is 10.1 Å². The Morgan fingerprint density at radius 1 is 1.20 bits per heavy atom. The van der Waals surface area contributed by atoms with Crippen LogP contribution in [0.4, 0.5) is 4.39 Å². The average molecular weight is 350 g/mol. The van der Waals surface area contributed by atoms with Crippen LogP contribution in [0.25, 0.3) is 0 Å². The number of nitrogens with one attached hydrogen (secondary N) is 1. The summed E-state index contributed by atoms with van der Waals surface area (Å²) in [6.45, 7) is 11.9. The molecule has 3 heteroatoms. The summed E-state index contributed by atoms with van der Waals surface area (Å²) in [4.78, 5) is 0. The van der Waals surface area contributed by atoms with Gasteiger partial charge in [-0.15, -0.1) is 0 Å². The summed E-state index contributed by atoms with van der Waals surface area (Å²) in [6, 6.07) is 6.79. The highest BCUT2D eigenvalue weighted by molar-refractivity contribution is 5.15. The van der Waals surface area contributed by atoms with E-state index in [1.54, 1.807) is 0 Å². The van der Waals surface area contributed by atoms with E-state index in [1.165, 1.54) is 44.2 Å². The Morgan fingerprint density at radius 3 is 2.56 bits per heavy atom. The summed E-state index contributed by atoms with van der Waals surface area (Å²) in [5.41, 5.74) is 1.57. The molecule has 2 atom stereocenters. The number of ether oxygens (including phenoxy) is 1. The summed E-state index contributed by atoms with van der Waals surface area (Å²) in [6.07, 6.45) is 7.20. The van der Waals surface area contributed by atoms with E-state index in [1.807, 2.05) is 12.1 Å². The molecule has 2 rings (SSSR count). The Bertz CT molecular complexity index is 515. The number of hydrogen-bond acceptors (Lipinski definition) is 2. The number of hydrogen-bond donors (Lipinski definition) is 1. The molecule has 0 aromatic heterocycles. The molecule has 0 saturated carbocycles. The fourth-order valence-electron chi connectivity index (χ4n) is 4.01. The van der Waals surface area contributed by atoms with E-state index < -0.39 is 0 Å². The predicted octanol–water partition coefficient (Wildman–Crippen LogP) is 5.71. The molecule has 0 aliphatic carbocycles. The van der Waals surface area contributed by atoms with Crippen LogP contribution in [0.3, 0.4) is 0 Å². The normalized spacial score (nSPS) is 27.0. The van der Waals surface area contributed by atoms with E-state index >= 15 is 0 Å². The third-order valence-electron chi connectivity index (χ3n) is 5.91. The Hall–Kier alpha value is -0.930. The molecule has 1 aliphatic heterocycles. The molecule has 1 aromatic carbocycles. The zero-order valence-electron chi connectivity index (χ0n) is 16.5. The van der Waals surface area contributed by atoms with Crippen molar-refractivity contribution in [2.45, 2.75) is 78.4 Å². The quantitative estimate of drug-likeness (QED) is 0.577. The van der Waals surface area contributed by atoms with Crippen LogP contribution in [0.1, 0.15) is 71.8 Å². The van der Waals surface area contributed by atoms with Crippen molar-refractivity contribution in [1.82, 2.24) is 5.32 Å². The standard InChI is InChI=1S/C22H36FNO/c1-5-21(4)17-22(13-15-25-21,11-10-18(2)3)12-14-24-16-19-6-8-20(23)9-7-19/h6-9,18,24H,5,10-17H2,1-4H3/t21-,22+/m0/s1. The fraction of sp³-hybridized carbons (Fsp3) is 0.727. The lowest BCUT2D eigenvalue weighted by Crippen LogP contribution is -2.44. The van der Waals surface area contributed by atoms with Crippen molar-refractivity contribution in [3.8, 4) is 0 Å². The van der Waals surface area contributed by atoms with Crippen molar-refractivity contribution < 1.29 is 9.13 Å². The molecule has 0 radical (unpaired) electrons. The lowest BCUT2D eigenvalue weighted by atomic mass is 9.67. The molecule has 0 spiro atoms. The lowest BCUT2D eigenvalue weighted by molar-refractivity contribution is -0.122. The molecule has 0 amide bonds. The Labute approximate surface area is 153 Å². The van der Waals surface area contributed by atoms with Gasteiger partial charge in [0.05, 0.1) is 5.60 Å². The molecule has 2 nitrogen and oxygen atoms in total. The Morgan fingerprint density at radius 2 is 1.92 bits per heavy atom. The van der Waals surface area contributed by atoms with Crippen LogP contribution in [0.15, 0.2) is 24.3 Å². The predicted molar refractivity (Wildman–Crippen MR) is 103 cm³/mol. The molecule has 0 unspecified atom stereocenters. The zero-order valence-corrected chi connectivity index (χ0v) is 16.5. The van der Waals surface area contributed by atoms with Gasteiger partial charge in [0.25, 0.3) is 0 Å². The van der Waals surface area contributed by atoms with E-state index in [0.717, 1.165) is 37.6 Å². The van der Waals surface area contributed by atoms with Gasteiger partial charge >= 0.3 is 0 Å². The Kier molecular flexibility index (Phi) is 7.45. The molecular weight excluding hydrogens is 313 g/mol. The molecule has 1 aromatic rings. The summed E-state index contributed by atoms with van der Waals surface area (Å²) in [7, 11) is 0. The van der Waals surface area contributed by atoms with Crippen molar-refractivity contribution in [3.63, 3.8) is 0 Å². The molecule has 1 aliphatic rings. The third-order valence-corrected chi connectivity index (χ3v) is 5.91. The maximum Gasteiger partial charge on any atom is 0.123 e. The lowest BCUT2D eigenvalue weighted by Gasteiger charge is -2.47. The van der Waals surface area contributed by atoms with Gasteiger partial charge in [-0.3, -0.25) is 0 Å². The first kappa shape index (κ1) is 20.4. The fourth-order valence-corrected chi connectivity index (χ4v) is 4.01. The van der Waals surface area contributed by atoms with Crippen LogP contribution in [0, 0.1) is 17.2 Å². The minimum Gasteiger partial charge on any atom is -0.375 e. The van der Waals surface area contributed by atoms with Crippen molar-refractivity contribution in [2.75, 3.05) is 13.2 Å². The maximum absolute atomic E-state index is 13.0. The van der Waals surface area contributed by atoms with Gasteiger partial charge in [0.1, 0.15) is 5.82 Å². The first-order chi connectivity index (χ1) is 11.9. The van der Waals surface area contributed by atoms with Crippen LogP contribution in [-0.4, -0.2) is 18.8 Å². The van der Waals surface area contributed by atoms with Crippen LogP contribution in [0.5, 0.6) is 0 Å². The van der Waals surface area contributed by atoms with Gasteiger partial charge in [-0.1, -0.05) is 39.3 Å². The number of benzene rings is 1. The average Bonchev–Trinajstić information content (AvgIpc) is 2.59. The van der Waals surface area contributed by atoms with Gasteiger partial charge in [0.2, 0.25) is 0 Å². The maximum atomic E-state index is 13.0. The van der Waals surface area contributed by atoms with Crippen LogP contribution >= 0.6 is 0 Å². The largest absolute Gasteiger partial charge is 0.375 e. The topological polar surface area (TPSA) is 21.3 Å². The van der Waals surface area contributed by atoms with Crippen molar-refractivity contribution in [3.05, 3.63) is 35.6 Å². The first-order valence-corrected chi connectivity index (χ1v) is 9.96. The highest BCUT2D eigenvalue weighted by atomic mass is 19.1. The van der Waals surface area contributed by atoms with Crippen molar-refractivity contribution in [1.29, 1.82) is 0 Å². The molecule has 0 bridgehead atoms. The summed E-state index contributed by atoms with van der Waals surface area (Å²) >= 11 is 0. The van der Waals surface area contributed by atoms with Crippen LogP contribution in [-0.2, 0) is 11.3 Å². The first-order valence-electron chi connectivity index (χ1n) is 9.96. The second-order valence-corrected chi connectivity index (χ2v) is 8.56. The zero-order chi connectivity index (χ0) is 18.3. The minimum absolute atomic E-state index is 0.0339. The van der Waals surface area contributed by atoms with Crippen LogP contribution in [0.2, 0.25) is 0 Å². The van der Waals surface area contributed by atoms with E-state index in [0.29, 0.717) is 5.41 Å². The molecular formula is C22H36FNO. The molecule has 1 fully saturated rings. The highest BCUT2D eigenvalue weighted by Crippen LogP contribution is 2.46. The smallest absolute Gasteiger partial charge is 0.123 e. The number of halogens is 1. The van der Waals surface area contributed by atoms with E-state index in [9.17, 15) is 4.39 Å². The van der Waals surface area contributed by atoms with Gasteiger partial charge in [-0.05, 0) is 74.6 Å². The molecule has 1 N–H and O–H groups in total. The SMILES string of the molecule is CC[C@@]1(C)C[C@@](CCNCc2ccc(F)cc2)(CCC(C)C)CCO1. The van der Waals surface area contributed by atoms with Crippen molar-refractivity contribution >= 4 is 0 Å². The van der Waals surface area contributed by atoms with E-state index in [-0.39, 0.29) is 11.4 Å². The summed E-state index contributed by atoms with van der Waals surface area (Å²) in [5.74, 6) is 0.581. The molecule has 1 saturated heterocycles. The molecule has 142 valence electrons. The second kappa shape index (κ2) is 9.14. The van der Waals surface area contributed by atoms with Crippen LogP contribution < -0.4 is 5.32 Å². The van der Waals surface area contributed by atoms with Gasteiger partial charge in [0.15, 0.2) is 0 Å². The third kappa shape index (κ3) is 6.38. The van der Waals surface area contributed by atoms with Gasteiger partial charge in [-0.2, -0.15) is 0 Å². The summed E-state index contributed by atoms with van der Waals surface area (Å²) in [5, 5.41) is 3.56. The monoisotopic (exact) mass is 349 g/mol. The number of rotatable bonds is 9. The van der Waals surface area contributed by atoms with Crippen molar-refractivity contribution in [2.24, 2.45) is 11.3 Å². The van der Waals surface area contributed by atoms with Gasteiger partial charge in [0, 0.05) is 13.2 Å². The second-order valence-electron chi connectivity index (χ2n) is 8.56. The summed E-state index contributed by atoms with van der Waals surface area (Å²) < 4.78 is 19.1. The van der Waals surface area contributed by atoms with E-state index in [4.69, 9.17) is 4.74 Å². The van der Waals surface area contributed by atoms with Gasteiger partial charge in [-0.25, -0.2) is 4.39 Å². The highest BCUT2D eigenvalue weighted by Gasteiger charge is 2.41. The van der Waals surface area contributed by atoms with E-state index in [2.05, 4.69) is 33.0 Å². The minimum atomic E-state index is -0.169. The molecule has 25 heavy (non-hydrogen) atoms.